The second-order valence-electron chi connectivity index (χ2n) is 2.10. The molecule has 0 saturated carbocycles. The summed E-state index contributed by atoms with van der Waals surface area (Å²) in [7, 11) is 1.15. The Balaban J connectivity index is 3.77. The van der Waals surface area contributed by atoms with E-state index in [1.165, 1.54) is 0 Å². The predicted molar refractivity (Wildman–Crippen MR) is 38.7 cm³/mol. The van der Waals surface area contributed by atoms with Crippen molar-refractivity contribution in [1.29, 1.82) is 0 Å². The third-order valence-corrected chi connectivity index (χ3v) is 1.10. The molecule has 1 amide bonds. The van der Waals surface area contributed by atoms with Gasteiger partial charge in [-0.1, -0.05) is 0 Å². The normalized spacial score (nSPS) is 11.9. The minimum Gasteiger partial charge on any atom is -0.462 e. The summed E-state index contributed by atoms with van der Waals surface area (Å²) in [6.45, 7) is 1.99. The fourth-order valence-electron chi connectivity index (χ4n) is 0.434. The summed E-state index contributed by atoms with van der Waals surface area (Å²) in [6, 6.07) is -0.207. The molecule has 3 N–H and O–H groups in total. The van der Waals surface area contributed by atoms with Crippen molar-refractivity contribution < 1.29 is 14.3 Å². The minimum atomic E-state index is -0.898. The van der Waals surface area contributed by atoms with Crippen LogP contribution in [0.3, 0.4) is 0 Å². The summed E-state index contributed by atoms with van der Waals surface area (Å²) in [4.78, 5) is 21.2. The molecule has 64 valence electrons. The number of hydrogen-bond acceptors (Lipinski definition) is 4. The number of carbonyl (C=O) groups excluding carboxylic acids is 2. The lowest BCUT2D eigenvalue weighted by Gasteiger charge is -2.08. The summed E-state index contributed by atoms with van der Waals surface area (Å²) in [5, 5.41) is 2.34. The van der Waals surface area contributed by atoms with Gasteiger partial charge in [-0.05, 0) is 6.92 Å². The quantitative estimate of drug-likeness (QED) is 0.385. The minimum absolute atomic E-state index is 0.207. The van der Waals surface area contributed by atoms with E-state index in [2.05, 4.69) is 10.1 Å². The molecule has 0 aromatic heterocycles. The maximum Gasteiger partial charge on any atom is 0.396 e. The number of nitrogens with one attached hydrogen (secondary N) is 1. The van der Waals surface area contributed by atoms with E-state index in [1.54, 1.807) is 6.92 Å². The van der Waals surface area contributed by atoms with Gasteiger partial charge in [-0.15, -0.1) is 0 Å². The monoisotopic (exact) mass is 160 g/mol. The third-order valence-electron chi connectivity index (χ3n) is 1.10. The lowest BCUT2D eigenvalue weighted by atomic mass is 10.3. The highest BCUT2D eigenvalue weighted by Gasteiger charge is 2.14. The Bertz CT molecular complexity index is 158. The molecule has 1 atom stereocenters. The van der Waals surface area contributed by atoms with Gasteiger partial charge in [0.25, 0.3) is 0 Å². The van der Waals surface area contributed by atoms with Gasteiger partial charge in [-0.25, -0.2) is 4.79 Å². The van der Waals surface area contributed by atoms with Crippen LogP contribution in [0.1, 0.15) is 6.92 Å². The van der Waals surface area contributed by atoms with Gasteiger partial charge in [-0.3, -0.25) is 4.79 Å². The fourth-order valence-corrected chi connectivity index (χ4v) is 0.434. The van der Waals surface area contributed by atoms with Crippen molar-refractivity contribution in [1.82, 2.24) is 5.32 Å². The molecule has 5 heteroatoms. The number of esters is 1. The van der Waals surface area contributed by atoms with Crippen LogP contribution in [-0.4, -0.2) is 31.6 Å². The highest BCUT2D eigenvalue weighted by molar-refractivity contribution is 6.32. The van der Waals surface area contributed by atoms with E-state index in [4.69, 9.17) is 5.73 Å². The van der Waals surface area contributed by atoms with E-state index >= 15 is 0 Å². The number of nitrogens with two attached hydrogens (primary N) is 1. The van der Waals surface area contributed by atoms with Crippen molar-refractivity contribution in [2.24, 2.45) is 5.73 Å². The van der Waals surface area contributed by atoms with Crippen LogP contribution in [-0.2, 0) is 14.3 Å². The summed E-state index contributed by atoms with van der Waals surface area (Å²) in [6.07, 6.45) is 0. The standard InChI is InChI=1S/C6H12N2O3/c1-4(3-7)8-5(9)6(10)11-2/h4H,3,7H2,1-2H3,(H,8,9). The molecule has 0 bridgehead atoms. The first kappa shape index (κ1) is 9.90. The SMILES string of the molecule is COC(=O)C(=O)NC(C)CN. The van der Waals surface area contributed by atoms with Crippen LogP contribution in [0.2, 0.25) is 0 Å². The number of rotatable bonds is 2. The topological polar surface area (TPSA) is 81.4 Å². The van der Waals surface area contributed by atoms with Gasteiger partial charge in [0.1, 0.15) is 0 Å². The van der Waals surface area contributed by atoms with Crippen molar-refractivity contribution in [3.63, 3.8) is 0 Å². The molecule has 0 aliphatic carbocycles. The maximum atomic E-state index is 10.7. The van der Waals surface area contributed by atoms with Crippen molar-refractivity contribution in [3.8, 4) is 0 Å². The van der Waals surface area contributed by atoms with Crippen LogP contribution in [0.5, 0.6) is 0 Å². The van der Waals surface area contributed by atoms with Crippen LogP contribution in [0.4, 0.5) is 0 Å². The molecule has 0 aromatic rings. The molecule has 0 radical (unpaired) electrons. The summed E-state index contributed by atoms with van der Waals surface area (Å²) in [5.41, 5.74) is 5.20. The van der Waals surface area contributed by atoms with Gasteiger partial charge in [0.05, 0.1) is 7.11 Å². The number of hydrogen-bond donors (Lipinski definition) is 2. The summed E-state index contributed by atoms with van der Waals surface area (Å²) >= 11 is 0. The molecule has 0 aliphatic rings. The zero-order valence-electron chi connectivity index (χ0n) is 6.59. The Morgan fingerprint density at radius 2 is 2.18 bits per heavy atom. The Hall–Kier alpha value is -1.10. The highest BCUT2D eigenvalue weighted by atomic mass is 16.5. The molecule has 0 heterocycles. The van der Waals surface area contributed by atoms with Crippen molar-refractivity contribution in [2.75, 3.05) is 13.7 Å². The Labute approximate surface area is 64.9 Å². The van der Waals surface area contributed by atoms with Crippen LogP contribution in [0, 0.1) is 0 Å². The van der Waals surface area contributed by atoms with E-state index in [-0.39, 0.29) is 6.04 Å². The smallest absolute Gasteiger partial charge is 0.396 e. The van der Waals surface area contributed by atoms with Crippen LogP contribution in [0.25, 0.3) is 0 Å². The third kappa shape index (κ3) is 3.57. The fraction of sp³-hybridized carbons (Fsp3) is 0.667. The Morgan fingerprint density at radius 1 is 1.64 bits per heavy atom. The zero-order valence-corrected chi connectivity index (χ0v) is 6.59. The van der Waals surface area contributed by atoms with Gasteiger partial charge in [0.2, 0.25) is 0 Å². The van der Waals surface area contributed by atoms with Gasteiger partial charge in [0, 0.05) is 12.6 Å². The molecular weight excluding hydrogens is 148 g/mol. The second kappa shape index (κ2) is 4.68. The van der Waals surface area contributed by atoms with Crippen molar-refractivity contribution >= 4 is 11.9 Å². The van der Waals surface area contributed by atoms with Crippen molar-refractivity contribution in [2.45, 2.75) is 13.0 Å². The van der Waals surface area contributed by atoms with E-state index in [0.29, 0.717) is 6.54 Å². The second-order valence-corrected chi connectivity index (χ2v) is 2.10. The zero-order chi connectivity index (χ0) is 8.85. The molecule has 0 spiro atoms. The highest BCUT2D eigenvalue weighted by Crippen LogP contribution is 1.79. The number of carbonyl (C=O) groups is 2. The number of ether oxygens (including phenoxy) is 1. The summed E-state index contributed by atoms with van der Waals surface area (Å²) < 4.78 is 4.17. The Kier molecular flexibility index (Phi) is 4.21. The van der Waals surface area contributed by atoms with Gasteiger partial charge in [-0.2, -0.15) is 0 Å². The van der Waals surface area contributed by atoms with E-state index in [1.807, 2.05) is 0 Å². The molecule has 0 aliphatic heterocycles. The van der Waals surface area contributed by atoms with Crippen LogP contribution < -0.4 is 11.1 Å². The van der Waals surface area contributed by atoms with E-state index in [9.17, 15) is 9.59 Å². The summed E-state index contributed by atoms with van der Waals surface area (Å²) in [5.74, 6) is -1.66. The van der Waals surface area contributed by atoms with Crippen molar-refractivity contribution in [3.05, 3.63) is 0 Å². The first-order valence-electron chi connectivity index (χ1n) is 3.20. The van der Waals surface area contributed by atoms with Gasteiger partial charge < -0.3 is 15.8 Å². The average molecular weight is 160 g/mol. The first-order valence-corrected chi connectivity index (χ1v) is 3.20. The largest absolute Gasteiger partial charge is 0.462 e. The lowest BCUT2D eigenvalue weighted by molar-refractivity contribution is -0.152. The molecule has 11 heavy (non-hydrogen) atoms. The maximum absolute atomic E-state index is 10.7. The van der Waals surface area contributed by atoms with E-state index in [0.717, 1.165) is 7.11 Å². The molecule has 0 saturated heterocycles. The molecule has 5 nitrogen and oxygen atoms in total. The van der Waals surface area contributed by atoms with E-state index < -0.39 is 11.9 Å². The first-order chi connectivity index (χ1) is 5.11. The van der Waals surface area contributed by atoms with Gasteiger partial charge >= 0.3 is 11.9 Å². The molecule has 0 aromatic carbocycles. The average Bonchev–Trinajstić information content (AvgIpc) is 2.02. The molecule has 1 unspecified atom stereocenters. The van der Waals surface area contributed by atoms with Gasteiger partial charge in [0.15, 0.2) is 0 Å². The predicted octanol–water partition coefficient (Wildman–Crippen LogP) is -1.38. The molecule has 0 fully saturated rings. The molecular formula is C6H12N2O3. The van der Waals surface area contributed by atoms with Crippen LogP contribution in [0.15, 0.2) is 0 Å². The number of methoxy groups -OCH3 is 1. The Morgan fingerprint density at radius 3 is 2.55 bits per heavy atom. The van der Waals surface area contributed by atoms with Crippen LogP contribution >= 0.6 is 0 Å². The lowest BCUT2D eigenvalue weighted by Crippen LogP contribution is -2.41. The molecule has 0 rings (SSSR count). The number of amides is 1.